The summed E-state index contributed by atoms with van der Waals surface area (Å²) in [6.07, 6.45) is 0. The Bertz CT molecular complexity index is 982. The van der Waals surface area contributed by atoms with Crippen LogP contribution in [0, 0.1) is 6.92 Å². The first-order valence-corrected chi connectivity index (χ1v) is 8.01. The molecule has 0 N–H and O–H groups in total. The zero-order valence-electron chi connectivity index (χ0n) is 14.7. The molecule has 0 bridgehead atoms. The summed E-state index contributed by atoms with van der Waals surface area (Å²) in [6.45, 7) is 1.73. The van der Waals surface area contributed by atoms with Crippen molar-refractivity contribution in [1.82, 2.24) is 0 Å². The molecule has 26 heavy (non-hydrogen) atoms. The largest absolute Gasteiger partial charge is 0.497 e. The fourth-order valence-electron chi connectivity index (χ4n) is 2.77. The molecule has 1 aromatic heterocycles. The van der Waals surface area contributed by atoms with Crippen LogP contribution in [-0.2, 0) is 4.74 Å². The standard InChI is InChI=1S/C21H18O5/c1-13-12-18(14-8-10-17(24-2)11-9-14)19(21(23)26-13)15-4-6-16(7-5-15)20(22)25-3/h4-12H,1-3H3. The van der Waals surface area contributed by atoms with Gasteiger partial charge in [-0.05, 0) is 48.4 Å². The first-order chi connectivity index (χ1) is 12.5. The average Bonchev–Trinajstić information content (AvgIpc) is 2.67. The Morgan fingerprint density at radius 3 is 2.12 bits per heavy atom. The SMILES string of the molecule is COC(=O)c1ccc(-c2c(-c3ccc(OC)cc3)cc(C)oc2=O)cc1. The lowest BCUT2D eigenvalue weighted by Gasteiger charge is -2.11. The van der Waals surface area contributed by atoms with Gasteiger partial charge in [-0.15, -0.1) is 0 Å². The lowest BCUT2D eigenvalue weighted by atomic mass is 9.95. The summed E-state index contributed by atoms with van der Waals surface area (Å²) in [4.78, 5) is 24.2. The number of esters is 1. The Balaban J connectivity index is 2.14. The lowest BCUT2D eigenvalue weighted by Crippen LogP contribution is -2.07. The maximum Gasteiger partial charge on any atom is 0.344 e. The van der Waals surface area contributed by atoms with Gasteiger partial charge < -0.3 is 13.9 Å². The van der Waals surface area contributed by atoms with Gasteiger partial charge in [0.15, 0.2) is 0 Å². The van der Waals surface area contributed by atoms with Crippen molar-refractivity contribution in [2.75, 3.05) is 14.2 Å². The second kappa shape index (κ2) is 7.27. The number of hydrogen-bond acceptors (Lipinski definition) is 5. The summed E-state index contributed by atoms with van der Waals surface area (Å²) in [7, 11) is 2.93. The summed E-state index contributed by atoms with van der Waals surface area (Å²) in [5.41, 5.74) is 2.72. The van der Waals surface area contributed by atoms with Crippen LogP contribution in [0.1, 0.15) is 16.1 Å². The Labute approximate surface area is 150 Å². The molecule has 5 nitrogen and oxygen atoms in total. The highest BCUT2D eigenvalue weighted by Crippen LogP contribution is 2.31. The molecule has 0 saturated heterocycles. The number of carbonyl (C=O) groups is 1. The van der Waals surface area contributed by atoms with Gasteiger partial charge in [0.25, 0.3) is 0 Å². The first-order valence-electron chi connectivity index (χ1n) is 8.01. The Kier molecular flexibility index (Phi) is 4.89. The second-order valence-corrected chi connectivity index (χ2v) is 5.73. The van der Waals surface area contributed by atoms with Crippen molar-refractivity contribution in [1.29, 1.82) is 0 Å². The fourth-order valence-corrected chi connectivity index (χ4v) is 2.77. The highest BCUT2D eigenvalue weighted by Gasteiger charge is 2.15. The normalized spacial score (nSPS) is 10.4. The van der Waals surface area contributed by atoms with E-state index < -0.39 is 11.6 Å². The molecule has 2 aromatic carbocycles. The number of hydrogen-bond donors (Lipinski definition) is 0. The van der Waals surface area contributed by atoms with Crippen LogP contribution in [0.5, 0.6) is 5.75 Å². The van der Waals surface area contributed by atoms with Crippen LogP contribution >= 0.6 is 0 Å². The van der Waals surface area contributed by atoms with Crippen LogP contribution in [0.2, 0.25) is 0 Å². The van der Waals surface area contributed by atoms with Crippen molar-refractivity contribution in [2.45, 2.75) is 6.92 Å². The molecule has 0 fully saturated rings. The molecule has 0 aliphatic rings. The summed E-state index contributed by atoms with van der Waals surface area (Å²) in [5.74, 6) is 0.830. The van der Waals surface area contributed by atoms with Gasteiger partial charge >= 0.3 is 11.6 Å². The van der Waals surface area contributed by atoms with Crippen molar-refractivity contribution in [3.8, 4) is 28.0 Å². The van der Waals surface area contributed by atoms with Crippen LogP contribution in [0.4, 0.5) is 0 Å². The second-order valence-electron chi connectivity index (χ2n) is 5.73. The number of methoxy groups -OCH3 is 2. The van der Waals surface area contributed by atoms with E-state index in [0.717, 1.165) is 16.9 Å². The molecule has 0 aliphatic carbocycles. The number of aryl methyl sites for hydroxylation is 1. The van der Waals surface area contributed by atoms with Gasteiger partial charge in [0, 0.05) is 5.56 Å². The van der Waals surface area contributed by atoms with E-state index in [0.29, 0.717) is 22.5 Å². The third kappa shape index (κ3) is 3.37. The monoisotopic (exact) mass is 350 g/mol. The quantitative estimate of drug-likeness (QED) is 0.664. The number of carbonyl (C=O) groups excluding carboxylic acids is 1. The van der Waals surface area contributed by atoms with Crippen molar-refractivity contribution in [2.24, 2.45) is 0 Å². The summed E-state index contributed by atoms with van der Waals surface area (Å²) in [5, 5.41) is 0. The lowest BCUT2D eigenvalue weighted by molar-refractivity contribution is 0.0601. The van der Waals surface area contributed by atoms with Crippen LogP contribution in [0.3, 0.4) is 0 Å². The summed E-state index contributed by atoms with van der Waals surface area (Å²) in [6, 6.07) is 15.9. The molecular weight excluding hydrogens is 332 g/mol. The predicted octanol–water partition coefficient (Wildman–Crippen LogP) is 4.08. The van der Waals surface area contributed by atoms with Gasteiger partial charge in [-0.25, -0.2) is 9.59 Å². The minimum absolute atomic E-state index is 0.416. The zero-order valence-corrected chi connectivity index (χ0v) is 14.7. The van der Waals surface area contributed by atoms with Crippen molar-refractivity contribution in [3.05, 3.63) is 76.3 Å². The van der Waals surface area contributed by atoms with Crippen LogP contribution < -0.4 is 10.4 Å². The van der Waals surface area contributed by atoms with Crippen molar-refractivity contribution in [3.63, 3.8) is 0 Å². The molecule has 0 radical (unpaired) electrons. The van der Waals surface area contributed by atoms with Crippen LogP contribution in [0.15, 0.2) is 63.8 Å². The highest BCUT2D eigenvalue weighted by atomic mass is 16.5. The minimum atomic E-state index is -0.429. The minimum Gasteiger partial charge on any atom is -0.497 e. The first kappa shape index (κ1) is 17.5. The fraction of sp³-hybridized carbons (Fsp3) is 0.143. The molecule has 0 unspecified atom stereocenters. The van der Waals surface area contributed by atoms with E-state index in [2.05, 4.69) is 0 Å². The molecule has 3 aromatic rings. The zero-order chi connectivity index (χ0) is 18.7. The summed E-state index contributed by atoms with van der Waals surface area (Å²) < 4.78 is 15.2. The molecule has 5 heteroatoms. The molecule has 0 saturated carbocycles. The maximum atomic E-state index is 12.5. The third-order valence-corrected chi connectivity index (χ3v) is 4.07. The Hall–Kier alpha value is -3.34. The molecule has 132 valence electrons. The maximum absolute atomic E-state index is 12.5. The van der Waals surface area contributed by atoms with E-state index >= 15 is 0 Å². The molecular formula is C21H18O5. The van der Waals surface area contributed by atoms with E-state index in [1.54, 1.807) is 38.3 Å². The Morgan fingerprint density at radius 2 is 1.54 bits per heavy atom. The van der Waals surface area contributed by atoms with E-state index in [1.165, 1.54) is 7.11 Å². The number of ether oxygens (including phenoxy) is 2. The van der Waals surface area contributed by atoms with Gasteiger partial charge in [-0.3, -0.25) is 0 Å². The predicted molar refractivity (Wildman–Crippen MR) is 98.5 cm³/mol. The van der Waals surface area contributed by atoms with Gasteiger partial charge in [-0.1, -0.05) is 24.3 Å². The van der Waals surface area contributed by atoms with E-state index in [9.17, 15) is 9.59 Å². The molecule has 0 aliphatic heterocycles. The smallest absolute Gasteiger partial charge is 0.344 e. The third-order valence-electron chi connectivity index (χ3n) is 4.07. The van der Waals surface area contributed by atoms with E-state index in [1.807, 2.05) is 30.3 Å². The molecule has 0 spiro atoms. The molecule has 0 atom stereocenters. The summed E-state index contributed by atoms with van der Waals surface area (Å²) >= 11 is 0. The van der Waals surface area contributed by atoms with E-state index in [-0.39, 0.29) is 0 Å². The topological polar surface area (TPSA) is 65.7 Å². The van der Waals surface area contributed by atoms with Gasteiger partial charge in [0.2, 0.25) is 0 Å². The molecule has 1 heterocycles. The Morgan fingerprint density at radius 1 is 0.923 bits per heavy atom. The van der Waals surface area contributed by atoms with Gasteiger partial charge in [-0.2, -0.15) is 0 Å². The van der Waals surface area contributed by atoms with E-state index in [4.69, 9.17) is 13.9 Å². The van der Waals surface area contributed by atoms with Crippen LogP contribution in [0.25, 0.3) is 22.3 Å². The van der Waals surface area contributed by atoms with Crippen molar-refractivity contribution < 1.29 is 18.7 Å². The van der Waals surface area contributed by atoms with Crippen LogP contribution in [-0.4, -0.2) is 20.2 Å². The highest BCUT2D eigenvalue weighted by molar-refractivity contribution is 5.90. The number of rotatable bonds is 4. The number of benzene rings is 2. The van der Waals surface area contributed by atoms with Gasteiger partial charge in [0.1, 0.15) is 11.5 Å². The average molecular weight is 350 g/mol. The molecule has 0 amide bonds. The van der Waals surface area contributed by atoms with Crippen molar-refractivity contribution >= 4 is 5.97 Å². The van der Waals surface area contributed by atoms with Gasteiger partial charge in [0.05, 0.1) is 25.3 Å². The molecule has 3 rings (SSSR count).